The quantitative estimate of drug-likeness (QED) is 0.747. The summed E-state index contributed by atoms with van der Waals surface area (Å²) in [6.45, 7) is 2.15. The second-order valence-corrected chi connectivity index (χ2v) is 4.49. The van der Waals surface area contributed by atoms with E-state index in [1.807, 2.05) is 36.4 Å². The average Bonchev–Trinajstić information content (AvgIpc) is 2.51. The van der Waals surface area contributed by atoms with Crippen molar-refractivity contribution in [2.75, 3.05) is 32.2 Å². The van der Waals surface area contributed by atoms with Crippen LogP contribution in [0.15, 0.2) is 54.6 Å². The van der Waals surface area contributed by atoms with Crippen LogP contribution >= 0.6 is 0 Å². The van der Waals surface area contributed by atoms with E-state index in [-0.39, 0.29) is 0 Å². The molecule has 0 radical (unpaired) electrons. The van der Waals surface area contributed by atoms with E-state index < -0.39 is 0 Å². The molecule has 0 aliphatic rings. The second kappa shape index (κ2) is 8.23. The van der Waals surface area contributed by atoms with Crippen LogP contribution in [0.2, 0.25) is 0 Å². The number of nitrogens with one attached hydrogen (secondary N) is 1. The maximum Gasteiger partial charge on any atom is 0.119 e. The zero-order chi connectivity index (χ0) is 14.0. The minimum Gasteiger partial charge on any atom is -0.492 e. The van der Waals surface area contributed by atoms with Crippen molar-refractivity contribution in [1.29, 1.82) is 0 Å². The number of para-hydroxylation sites is 2. The first-order valence-electron chi connectivity index (χ1n) is 6.88. The van der Waals surface area contributed by atoms with Crippen molar-refractivity contribution in [2.24, 2.45) is 0 Å². The first-order valence-corrected chi connectivity index (χ1v) is 6.88. The fourth-order valence-electron chi connectivity index (χ4n) is 1.99. The molecule has 2 aromatic rings. The Morgan fingerprint density at radius 3 is 2.45 bits per heavy atom. The van der Waals surface area contributed by atoms with Gasteiger partial charge >= 0.3 is 0 Å². The number of rotatable bonds is 8. The predicted molar refractivity (Wildman–Crippen MR) is 82.4 cm³/mol. The van der Waals surface area contributed by atoms with Crippen molar-refractivity contribution < 1.29 is 9.47 Å². The molecule has 0 heterocycles. The van der Waals surface area contributed by atoms with Gasteiger partial charge in [0.15, 0.2) is 0 Å². The highest BCUT2D eigenvalue weighted by atomic mass is 16.5. The molecule has 2 rings (SSSR count). The van der Waals surface area contributed by atoms with Crippen molar-refractivity contribution >= 4 is 5.69 Å². The molecule has 106 valence electrons. The molecule has 0 atom stereocenters. The molecule has 3 nitrogen and oxygen atoms in total. The van der Waals surface area contributed by atoms with Crippen LogP contribution in [-0.4, -0.2) is 26.9 Å². The Hall–Kier alpha value is -2.00. The molecule has 0 bridgehead atoms. The lowest BCUT2D eigenvalue weighted by atomic mass is 10.1. The van der Waals surface area contributed by atoms with Crippen molar-refractivity contribution in [3.05, 3.63) is 60.2 Å². The van der Waals surface area contributed by atoms with Crippen LogP contribution in [0.3, 0.4) is 0 Å². The Labute approximate surface area is 120 Å². The molecule has 0 saturated heterocycles. The first kappa shape index (κ1) is 14.4. The highest BCUT2D eigenvalue weighted by Gasteiger charge is 2.00. The van der Waals surface area contributed by atoms with Crippen LogP contribution in [0, 0.1) is 0 Å². The summed E-state index contributed by atoms with van der Waals surface area (Å²) >= 11 is 0. The highest BCUT2D eigenvalue weighted by molar-refractivity contribution is 5.51. The molecule has 0 unspecified atom stereocenters. The molecular formula is C17H21NO2. The number of hydrogen-bond acceptors (Lipinski definition) is 3. The summed E-state index contributed by atoms with van der Waals surface area (Å²) in [5, 5.41) is 3.41. The fraction of sp³-hybridized carbons (Fsp3) is 0.294. The fourth-order valence-corrected chi connectivity index (χ4v) is 1.99. The summed E-state index contributed by atoms with van der Waals surface area (Å²) in [5.41, 5.74) is 2.43. The standard InChI is InChI=1S/C17H21NO2/c1-19-13-11-15-7-5-6-10-17(15)18-12-14-20-16-8-3-2-4-9-16/h2-10,18H,11-14H2,1H3. The van der Waals surface area contributed by atoms with Gasteiger partial charge in [0.1, 0.15) is 12.4 Å². The molecule has 20 heavy (non-hydrogen) atoms. The molecule has 0 aliphatic heterocycles. The normalized spacial score (nSPS) is 10.2. The zero-order valence-corrected chi connectivity index (χ0v) is 11.8. The summed E-state index contributed by atoms with van der Waals surface area (Å²) in [5.74, 6) is 0.905. The molecule has 0 saturated carbocycles. The lowest BCUT2D eigenvalue weighted by Gasteiger charge is -2.12. The minimum absolute atomic E-state index is 0.641. The largest absolute Gasteiger partial charge is 0.492 e. The molecule has 0 amide bonds. The number of anilines is 1. The van der Waals surface area contributed by atoms with Gasteiger partial charge in [-0.1, -0.05) is 36.4 Å². The smallest absolute Gasteiger partial charge is 0.119 e. The van der Waals surface area contributed by atoms with Gasteiger partial charge in [-0.05, 0) is 30.2 Å². The zero-order valence-electron chi connectivity index (χ0n) is 11.8. The summed E-state index contributed by atoms with van der Waals surface area (Å²) < 4.78 is 10.8. The van der Waals surface area contributed by atoms with Gasteiger partial charge in [0.2, 0.25) is 0 Å². The second-order valence-electron chi connectivity index (χ2n) is 4.49. The molecule has 2 aromatic carbocycles. The van der Waals surface area contributed by atoms with Crippen molar-refractivity contribution in [3.63, 3.8) is 0 Å². The third kappa shape index (κ3) is 4.59. The molecule has 1 N–H and O–H groups in total. The van der Waals surface area contributed by atoms with E-state index in [1.165, 1.54) is 5.56 Å². The van der Waals surface area contributed by atoms with Crippen molar-refractivity contribution in [1.82, 2.24) is 0 Å². The third-order valence-electron chi connectivity index (χ3n) is 3.02. The molecule has 3 heteroatoms. The van der Waals surface area contributed by atoms with Crippen molar-refractivity contribution in [2.45, 2.75) is 6.42 Å². The highest BCUT2D eigenvalue weighted by Crippen LogP contribution is 2.15. The van der Waals surface area contributed by atoms with Crippen LogP contribution in [0.1, 0.15) is 5.56 Å². The third-order valence-corrected chi connectivity index (χ3v) is 3.02. The van der Waals surface area contributed by atoms with Crippen LogP contribution in [0.5, 0.6) is 5.75 Å². The topological polar surface area (TPSA) is 30.5 Å². The predicted octanol–water partition coefficient (Wildman–Crippen LogP) is 3.37. The monoisotopic (exact) mass is 271 g/mol. The maximum absolute atomic E-state index is 5.66. The molecular weight excluding hydrogens is 250 g/mol. The van der Waals surface area contributed by atoms with E-state index in [4.69, 9.17) is 9.47 Å². The van der Waals surface area contributed by atoms with Crippen molar-refractivity contribution in [3.8, 4) is 5.75 Å². The Morgan fingerprint density at radius 2 is 1.65 bits per heavy atom. The SMILES string of the molecule is COCCc1ccccc1NCCOc1ccccc1. The Kier molecular flexibility index (Phi) is 5.93. The number of hydrogen-bond donors (Lipinski definition) is 1. The van der Waals surface area contributed by atoms with Crippen LogP contribution < -0.4 is 10.1 Å². The van der Waals surface area contributed by atoms with Gasteiger partial charge in [-0.3, -0.25) is 0 Å². The Balaban J connectivity index is 1.79. The van der Waals surface area contributed by atoms with E-state index in [2.05, 4.69) is 23.5 Å². The summed E-state index contributed by atoms with van der Waals surface area (Å²) in [6, 6.07) is 18.2. The van der Waals surface area contributed by atoms with E-state index in [1.54, 1.807) is 7.11 Å². The summed E-state index contributed by atoms with van der Waals surface area (Å²) in [7, 11) is 1.73. The van der Waals surface area contributed by atoms with Gasteiger partial charge in [-0.25, -0.2) is 0 Å². The van der Waals surface area contributed by atoms with Gasteiger partial charge in [-0.15, -0.1) is 0 Å². The van der Waals surface area contributed by atoms with E-state index in [9.17, 15) is 0 Å². The van der Waals surface area contributed by atoms with Crippen LogP contribution in [0.25, 0.3) is 0 Å². The van der Waals surface area contributed by atoms with E-state index >= 15 is 0 Å². The first-order chi connectivity index (χ1) is 9.90. The van der Waals surface area contributed by atoms with Gasteiger partial charge in [0.05, 0.1) is 6.61 Å². The van der Waals surface area contributed by atoms with Crippen LogP contribution in [-0.2, 0) is 11.2 Å². The maximum atomic E-state index is 5.66. The molecule has 0 spiro atoms. The van der Waals surface area contributed by atoms with Gasteiger partial charge in [0.25, 0.3) is 0 Å². The average molecular weight is 271 g/mol. The van der Waals surface area contributed by atoms with Gasteiger partial charge in [0, 0.05) is 19.3 Å². The molecule has 0 aliphatic carbocycles. The molecule has 0 aromatic heterocycles. The van der Waals surface area contributed by atoms with E-state index in [0.29, 0.717) is 6.61 Å². The van der Waals surface area contributed by atoms with Gasteiger partial charge in [-0.2, -0.15) is 0 Å². The Morgan fingerprint density at radius 1 is 0.900 bits per heavy atom. The summed E-state index contributed by atoms with van der Waals surface area (Å²) in [6.07, 6.45) is 0.916. The lowest BCUT2D eigenvalue weighted by molar-refractivity contribution is 0.202. The summed E-state index contributed by atoms with van der Waals surface area (Å²) in [4.78, 5) is 0. The number of benzene rings is 2. The lowest BCUT2D eigenvalue weighted by Crippen LogP contribution is -2.13. The molecule has 0 fully saturated rings. The van der Waals surface area contributed by atoms with Crippen LogP contribution in [0.4, 0.5) is 5.69 Å². The minimum atomic E-state index is 0.641. The van der Waals surface area contributed by atoms with Gasteiger partial charge < -0.3 is 14.8 Å². The van der Waals surface area contributed by atoms with E-state index in [0.717, 1.165) is 31.0 Å². The Bertz CT molecular complexity index is 499. The number of methoxy groups -OCH3 is 1. The number of ether oxygens (including phenoxy) is 2.